The number of rotatable bonds is 3. The first-order valence-electron chi connectivity index (χ1n) is 13.4. The largest absolute Gasteiger partial charge is 0.440 e. The van der Waals surface area contributed by atoms with E-state index in [1.807, 2.05) is 17.0 Å². The van der Waals surface area contributed by atoms with Gasteiger partial charge >= 0.3 is 0 Å². The van der Waals surface area contributed by atoms with Crippen LogP contribution in [0.5, 0.6) is 0 Å². The Balaban J connectivity index is 1.42. The molecule has 0 bridgehead atoms. The number of thiophene rings is 1. The number of morpholine rings is 1. The highest BCUT2D eigenvalue weighted by Gasteiger charge is 2.24. The van der Waals surface area contributed by atoms with Crippen molar-refractivity contribution >= 4 is 60.0 Å². The molecule has 0 unspecified atom stereocenters. The molecule has 8 heteroatoms. The van der Waals surface area contributed by atoms with E-state index >= 15 is 0 Å². The standard InChI is InChI=1S/C31H29N3O4S/c1-20(35)32-11-13-33(14-12-32)25-10-9-22(31-29(25)24-5-2-3-8-27(24)39-31)21-6-4-7-23-26(36)19-28(38-30(21)23)34-15-17-37-18-16-34/h2-10,19H,11-18H2,1H3. The second-order valence-corrected chi connectivity index (χ2v) is 11.2. The highest BCUT2D eigenvalue weighted by atomic mass is 32.1. The van der Waals surface area contributed by atoms with Crippen molar-refractivity contribution in [2.24, 2.45) is 0 Å². The van der Waals surface area contributed by atoms with Crippen LogP contribution in [0.3, 0.4) is 0 Å². The van der Waals surface area contributed by atoms with Crippen LogP contribution in [-0.4, -0.2) is 63.3 Å². The van der Waals surface area contributed by atoms with Crippen LogP contribution in [0.2, 0.25) is 0 Å². The maximum atomic E-state index is 13.2. The van der Waals surface area contributed by atoms with Gasteiger partial charge in [-0.1, -0.05) is 36.4 Å². The summed E-state index contributed by atoms with van der Waals surface area (Å²) in [5.74, 6) is 0.723. The van der Waals surface area contributed by atoms with Crippen molar-refractivity contribution in [3.63, 3.8) is 0 Å². The first-order valence-corrected chi connectivity index (χ1v) is 14.2. The van der Waals surface area contributed by atoms with Crippen LogP contribution in [0.15, 0.2) is 69.9 Å². The Morgan fingerprint density at radius 1 is 0.821 bits per heavy atom. The van der Waals surface area contributed by atoms with Gasteiger partial charge in [0.1, 0.15) is 5.58 Å². The molecule has 2 aromatic heterocycles. The number of nitrogens with zero attached hydrogens (tertiary/aromatic N) is 3. The highest BCUT2D eigenvalue weighted by molar-refractivity contribution is 7.26. The molecule has 198 valence electrons. The molecule has 2 fully saturated rings. The van der Waals surface area contributed by atoms with Crippen molar-refractivity contribution in [3.8, 4) is 11.1 Å². The molecule has 0 aliphatic carbocycles. The molecule has 0 N–H and O–H groups in total. The van der Waals surface area contributed by atoms with E-state index in [9.17, 15) is 9.59 Å². The number of hydrogen-bond acceptors (Lipinski definition) is 7. The van der Waals surface area contributed by atoms with Crippen molar-refractivity contribution in [2.75, 3.05) is 62.3 Å². The number of carbonyl (C=O) groups is 1. The molecular formula is C31H29N3O4S. The molecule has 2 aliphatic heterocycles. The lowest BCUT2D eigenvalue weighted by Crippen LogP contribution is -2.48. The Kier molecular flexibility index (Phi) is 6.01. The lowest BCUT2D eigenvalue weighted by Gasteiger charge is -2.36. The van der Waals surface area contributed by atoms with E-state index in [1.54, 1.807) is 24.3 Å². The Labute approximate surface area is 229 Å². The number of carbonyl (C=O) groups excluding carboxylic acids is 1. The fraction of sp³-hybridized carbons (Fsp3) is 0.290. The molecule has 5 aromatic rings. The summed E-state index contributed by atoms with van der Waals surface area (Å²) in [7, 11) is 0. The Morgan fingerprint density at radius 2 is 1.59 bits per heavy atom. The lowest BCUT2D eigenvalue weighted by atomic mass is 9.98. The third kappa shape index (κ3) is 4.15. The predicted molar refractivity (Wildman–Crippen MR) is 158 cm³/mol. The van der Waals surface area contributed by atoms with Crippen molar-refractivity contribution in [3.05, 3.63) is 70.9 Å². The maximum absolute atomic E-state index is 13.2. The van der Waals surface area contributed by atoms with E-state index in [-0.39, 0.29) is 11.3 Å². The predicted octanol–water partition coefficient (Wildman–Crippen LogP) is 5.33. The zero-order chi connectivity index (χ0) is 26.5. The number of fused-ring (bicyclic) bond motifs is 4. The summed E-state index contributed by atoms with van der Waals surface area (Å²) in [6, 6.07) is 20.3. The summed E-state index contributed by atoms with van der Waals surface area (Å²) >= 11 is 1.77. The van der Waals surface area contributed by atoms with E-state index < -0.39 is 0 Å². The number of anilines is 2. The summed E-state index contributed by atoms with van der Waals surface area (Å²) < 4.78 is 14.4. The number of ether oxygens (including phenoxy) is 1. The Bertz CT molecular complexity index is 1780. The first kappa shape index (κ1) is 24.2. The molecule has 39 heavy (non-hydrogen) atoms. The minimum absolute atomic E-state index is 0.0351. The van der Waals surface area contributed by atoms with Crippen LogP contribution < -0.4 is 15.2 Å². The second-order valence-electron chi connectivity index (χ2n) is 10.2. The molecule has 0 spiro atoms. The minimum atomic E-state index is -0.0351. The number of piperazine rings is 1. The van der Waals surface area contributed by atoms with Gasteiger partial charge in [-0.15, -0.1) is 11.3 Å². The summed E-state index contributed by atoms with van der Waals surface area (Å²) in [5.41, 5.74) is 3.75. The Morgan fingerprint density at radius 3 is 2.38 bits per heavy atom. The molecule has 3 aromatic carbocycles. The monoisotopic (exact) mass is 539 g/mol. The van der Waals surface area contributed by atoms with E-state index in [0.29, 0.717) is 43.2 Å². The fourth-order valence-electron chi connectivity index (χ4n) is 5.87. The molecule has 0 saturated carbocycles. The van der Waals surface area contributed by atoms with Gasteiger partial charge in [-0.05, 0) is 18.2 Å². The van der Waals surface area contributed by atoms with E-state index in [4.69, 9.17) is 9.15 Å². The van der Waals surface area contributed by atoms with E-state index in [0.717, 1.165) is 37.3 Å². The van der Waals surface area contributed by atoms with Crippen LogP contribution in [-0.2, 0) is 9.53 Å². The van der Waals surface area contributed by atoms with Crippen LogP contribution in [0.4, 0.5) is 11.6 Å². The van der Waals surface area contributed by atoms with Crippen molar-refractivity contribution in [2.45, 2.75) is 6.92 Å². The van der Waals surface area contributed by atoms with Crippen molar-refractivity contribution in [1.29, 1.82) is 0 Å². The number of amides is 1. The molecule has 4 heterocycles. The van der Waals surface area contributed by atoms with Gasteiger partial charge in [-0.3, -0.25) is 9.59 Å². The summed E-state index contributed by atoms with van der Waals surface area (Å²) in [5, 5.41) is 3.02. The molecule has 7 rings (SSSR count). The van der Waals surface area contributed by atoms with E-state index in [2.05, 4.69) is 52.3 Å². The van der Waals surface area contributed by atoms with Crippen molar-refractivity contribution < 1.29 is 13.9 Å². The van der Waals surface area contributed by atoms with Gasteiger partial charge in [0.25, 0.3) is 0 Å². The third-order valence-corrected chi connectivity index (χ3v) is 9.13. The van der Waals surface area contributed by atoms with Crippen LogP contribution in [0.25, 0.3) is 42.3 Å². The van der Waals surface area contributed by atoms with Crippen LogP contribution in [0, 0.1) is 0 Å². The number of benzene rings is 3. The lowest BCUT2D eigenvalue weighted by molar-refractivity contribution is -0.129. The van der Waals surface area contributed by atoms with Gasteiger partial charge in [-0.2, -0.15) is 0 Å². The highest BCUT2D eigenvalue weighted by Crippen LogP contribution is 2.46. The molecule has 2 saturated heterocycles. The molecule has 2 aliphatic rings. The normalized spacial score (nSPS) is 16.5. The second kappa shape index (κ2) is 9.70. The summed E-state index contributed by atoms with van der Waals surface area (Å²) in [6.45, 7) is 7.31. The topological polar surface area (TPSA) is 66.2 Å². The zero-order valence-electron chi connectivity index (χ0n) is 21.8. The first-order chi connectivity index (χ1) is 19.1. The van der Waals surface area contributed by atoms with Gasteiger partial charge in [0.05, 0.1) is 18.6 Å². The number of hydrogen-bond donors (Lipinski definition) is 0. The Hall–Kier alpha value is -3.88. The molecule has 7 nitrogen and oxygen atoms in total. The van der Waals surface area contributed by atoms with Crippen LogP contribution >= 0.6 is 11.3 Å². The fourth-order valence-corrected chi connectivity index (χ4v) is 7.12. The summed E-state index contributed by atoms with van der Waals surface area (Å²) in [6.07, 6.45) is 0. The minimum Gasteiger partial charge on any atom is -0.440 e. The quantitative estimate of drug-likeness (QED) is 0.309. The van der Waals surface area contributed by atoms with Gasteiger partial charge in [-0.25, -0.2) is 0 Å². The van der Waals surface area contributed by atoms with Gasteiger partial charge in [0.15, 0.2) is 11.3 Å². The molecular weight excluding hydrogens is 510 g/mol. The summed E-state index contributed by atoms with van der Waals surface area (Å²) in [4.78, 5) is 31.5. The average molecular weight is 540 g/mol. The van der Waals surface area contributed by atoms with Gasteiger partial charge < -0.3 is 23.9 Å². The number of para-hydroxylation sites is 1. The zero-order valence-corrected chi connectivity index (χ0v) is 22.6. The molecule has 1 amide bonds. The maximum Gasteiger partial charge on any atom is 0.219 e. The smallest absolute Gasteiger partial charge is 0.219 e. The van der Waals surface area contributed by atoms with Gasteiger partial charge in [0, 0.05) is 89.2 Å². The van der Waals surface area contributed by atoms with Gasteiger partial charge in [0.2, 0.25) is 5.91 Å². The SMILES string of the molecule is CC(=O)N1CCN(c2ccc(-c3cccc4c(=O)cc(N5CCOCC5)oc34)c3sc4ccccc4c23)CC1. The third-order valence-electron chi connectivity index (χ3n) is 7.92. The molecule has 0 atom stereocenters. The van der Waals surface area contributed by atoms with Crippen LogP contribution in [0.1, 0.15) is 6.92 Å². The molecule has 0 radical (unpaired) electrons. The average Bonchev–Trinajstić information content (AvgIpc) is 3.37. The van der Waals surface area contributed by atoms with Crippen molar-refractivity contribution in [1.82, 2.24) is 4.90 Å². The van der Waals surface area contributed by atoms with E-state index in [1.165, 1.54) is 25.9 Å².